The van der Waals surface area contributed by atoms with Gasteiger partial charge in [0.05, 0.1) is 11.0 Å². The molecule has 3 rings (SSSR count). The Hall–Kier alpha value is -3.73. The van der Waals surface area contributed by atoms with Crippen LogP contribution in [0, 0.1) is 10.1 Å². The van der Waals surface area contributed by atoms with E-state index in [0.29, 0.717) is 11.1 Å². The molecule has 32 heavy (non-hydrogen) atoms. The van der Waals surface area contributed by atoms with E-state index in [4.69, 9.17) is 0 Å². The van der Waals surface area contributed by atoms with E-state index >= 15 is 0 Å². The number of carbonyl (C=O) groups is 1. The number of nitrogens with one attached hydrogen (secondary N) is 1. The number of carbonyl (C=O) groups excluding carboxylic acids is 1. The number of nitro benzene ring substituents is 1. The van der Waals surface area contributed by atoms with Crippen LogP contribution in [-0.2, 0) is 10.2 Å². The van der Waals surface area contributed by atoms with E-state index in [1.165, 1.54) is 17.7 Å². The van der Waals surface area contributed by atoms with Crippen molar-refractivity contribution in [3.05, 3.63) is 111 Å². The Labute approximate surface area is 189 Å². The van der Waals surface area contributed by atoms with E-state index in [9.17, 15) is 14.9 Å². The first-order valence-electron chi connectivity index (χ1n) is 10.6. The number of non-ortho nitro benzene ring substituents is 1. The van der Waals surface area contributed by atoms with Crippen molar-refractivity contribution in [3.63, 3.8) is 0 Å². The summed E-state index contributed by atoms with van der Waals surface area (Å²) < 4.78 is 0. The fraction of sp³-hybridized carbons (Fsp3) is 0.222. The number of nitrogens with zero attached hydrogens (tertiary/aromatic N) is 1. The zero-order chi connectivity index (χ0) is 23.3. The average molecular weight is 429 g/mol. The van der Waals surface area contributed by atoms with Gasteiger partial charge in [0.2, 0.25) is 0 Å². The molecule has 0 radical (unpaired) electrons. The maximum absolute atomic E-state index is 13.3. The van der Waals surface area contributed by atoms with Crippen molar-refractivity contribution in [2.24, 2.45) is 0 Å². The molecule has 0 aromatic heterocycles. The van der Waals surface area contributed by atoms with Crippen molar-refractivity contribution in [1.29, 1.82) is 0 Å². The third-order valence-corrected chi connectivity index (χ3v) is 5.35. The highest BCUT2D eigenvalue weighted by atomic mass is 16.6. The minimum atomic E-state index is -0.442. The molecule has 1 atom stereocenters. The summed E-state index contributed by atoms with van der Waals surface area (Å²) in [6.45, 7) is 8.44. The van der Waals surface area contributed by atoms with Gasteiger partial charge in [-0.3, -0.25) is 14.9 Å². The van der Waals surface area contributed by atoms with Gasteiger partial charge in [-0.15, -0.1) is 0 Å². The Balaban J connectivity index is 1.89. The van der Waals surface area contributed by atoms with Gasteiger partial charge in [-0.1, -0.05) is 87.5 Å². The van der Waals surface area contributed by atoms with Gasteiger partial charge in [0, 0.05) is 17.7 Å². The summed E-state index contributed by atoms with van der Waals surface area (Å²) >= 11 is 0. The molecule has 164 valence electrons. The monoisotopic (exact) mass is 428 g/mol. The third-order valence-electron chi connectivity index (χ3n) is 5.35. The van der Waals surface area contributed by atoms with Crippen molar-refractivity contribution >= 4 is 23.2 Å². The molecule has 1 N–H and O–H groups in total. The van der Waals surface area contributed by atoms with E-state index in [1.807, 2.05) is 49.4 Å². The number of hydrogen-bond acceptors (Lipinski definition) is 3. The van der Waals surface area contributed by atoms with Gasteiger partial charge >= 0.3 is 0 Å². The number of hydrogen-bond donors (Lipinski definition) is 1. The van der Waals surface area contributed by atoms with Crippen molar-refractivity contribution in [3.8, 4) is 0 Å². The van der Waals surface area contributed by atoms with Crippen molar-refractivity contribution < 1.29 is 9.72 Å². The highest BCUT2D eigenvalue weighted by molar-refractivity contribution is 6.24. The molecule has 0 aliphatic carbocycles. The van der Waals surface area contributed by atoms with Crippen LogP contribution >= 0.6 is 0 Å². The van der Waals surface area contributed by atoms with Crippen LogP contribution in [0.3, 0.4) is 0 Å². The minimum absolute atomic E-state index is 0.0149. The lowest BCUT2D eigenvalue weighted by Gasteiger charge is -2.21. The van der Waals surface area contributed by atoms with Gasteiger partial charge in [-0.05, 0) is 40.7 Å². The molecule has 0 heterocycles. The molecule has 5 nitrogen and oxygen atoms in total. The first-order valence-corrected chi connectivity index (χ1v) is 10.6. The fourth-order valence-electron chi connectivity index (χ4n) is 3.42. The second-order valence-electron chi connectivity index (χ2n) is 8.84. The van der Waals surface area contributed by atoms with Gasteiger partial charge in [-0.2, -0.15) is 0 Å². The van der Waals surface area contributed by atoms with E-state index in [0.717, 1.165) is 11.1 Å². The predicted octanol–water partition coefficient (Wildman–Crippen LogP) is 6.31. The smallest absolute Gasteiger partial charge is 0.270 e. The second-order valence-corrected chi connectivity index (χ2v) is 8.84. The first kappa shape index (κ1) is 22.9. The predicted molar refractivity (Wildman–Crippen MR) is 129 cm³/mol. The zero-order valence-corrected chi connectivity index (χ0v) is 18.8. The molecule has 0 aliphatic heterocycles. The Morgan fingerprint density at radius 1 is 0.969 bits per heavy atom. The first-order chi connectivity index (χ1) is 15.1. The molecule has 3 aromatic rings. The van der Waals surface area contributed by atoms with Crippen LogP contribution in [0.25, 0.3) is 11.6 Å². The highest BCUT2D eigenvalue weighted by Gasteiger charge is 2.18. The molecule has 0 spiro atoms. The fourth-order valence-corrected chi connectivity index (χ4v) is 3.42. The van der Waals surface area contributed by atoms with Gasteiger partial charge in [0.25, 0.3) is 11.6 Å². The molecule has 3 aromatic carbocycles. The molecule has 5 heteroatoms. The summed E-state index contributed by atoms with van der Waals surface area (Å²) in [7, 11) is 0. The van der Waals surface area contributed by atoms with Crippen LogP contribution in [0.2, 0.25) is 0 Å². The Morgan fingerprint density at radius 2 is 1.62 bits per heavy atom. The SMILES string of the molecule is C[C@@H](NC(=O)/C(=C/c1cccc([N+](=O)[O-])c1)c1ccccc1)c1ccc(C(C)(C)C)cc1. The van der Waals surface area contributed by atoms with Crippen molar-refractivity contribution in [1.82, 2.24) is 5.32 Å². The van der Waals surface area contributed by atoms with Crippen LogP contribution in [-0.4, -0.2) is 10.8 Å². The summed E-state index contributed by atoms with van der Waals surface area (Å²) in [5.74, 6) is -0.241. The second kappa shape index (κ2) is 9.60. The third kappa shape index (κ3) is 5.70. The summed E-state index contributed by atoms with van der Waals surface area (Å²) in [5.41, 5.74) is 4.07. The summed E-state index contributed by atoms with van der Waals surface area (Å²) in [6.07, 6.45) is 1.69. The summed E-state index contributed by atoms with van der Waals surface area (Å²) in [5, 5.41) is 14.2. The molecule has 0 aliphatic rings. The number of nitro groups is 1. The van der Waals surface area contributed by atoms with Crippen LogP contribution in [0.5, 0.6) is 0 Å². The quantitative estimate of drug-likeness (QED) is 0.216. The highest BCUT2D eigenvalue weighted by Crippen LogP contribution is 2.25. The van der Waals surface area contributed by atoms with Crippen molar-refractivity contribution in [2.45, 2.75) is 39.2 Å². The molecule has 0 saturated heterocycles. The summed E-state index contributed by atoms with van der Waals surface area (Å²) in [6, 6.07) is 23.6. The van der Waals surface area contributed by atoms with E-state index in [2.05, 4.69) is 38.2 Å². The molecular weight excluding hydrogens is 400 g/mol. The average Bonchev–Trinajstić information content (AvgIpc) is 2.77. The zero-order valence-electron chi connectivity index (χ0n) is 18.8. The number of rotatable bonds is 6. The number of benzene rings is 3. The van der Waals surface area contributed by atoms with Gasteiger partial charge in [-0.25, -0.2) is 0 Å². The van der Waals surface area contributed by atoms with E-state index in [1.54, 1.807) is 18.2 Å². The largest absolute Gasteiger partial charge is 0.345 e. The van der Waals surface area contributed by atoms with E-state index < -0.39 is 4.92 Å². The molecule has 1 amide bonds. The lowest BCUT2D eigenvalue weighted by Crippen LogP contribution is -2.27. The molecular formula is C27H28N2O3. The van der Waals surface area contributed by atoms with Gasteiger partial charge in [0.15, 0.2) is 0 Å². The minimum Gasteiger partial charge on any atom is -0.345 e. The van der Waals surface area contributed by atoms with Gasteiger partial charge < -0.3 is 5.32 Å². The lowest BCUT2D eigenvalue weighted by molar-refractivity contribution is -0.384. The molecule has 0 fully saturated rings. The molecule has 0 bridgehead atoms. The van der Waals surface area contributed by atoms with E-state index in [-0.39, 0.29) is 23.1 Å². The van der Waals surface area contributed by atoms with Crippen molar-refractivity contribution in [2.75, 3.05) is 0 Å². The normalized spacial score (nSPS) is 12.8. The Morgan fingerprint density at radius 3 is 2.22 bits per heavy atom. The maximum Gasteiger partial charge on any atom is 0.270 e. The Bertz CT molecular complexity index is 1130. The van der Waals surface area contributed by atoms with Crippen LogP contribution in [0.4, 0.5) is 5.69 Å². The Kier molecular flexibility index (Phi) is 6.89. The number of amides is 1. The molecule has 0 saturated carbocycles. The standard InChI is InChI=1S/C27H28N2O3/c1-19(21-13-15-23(16-14-21)27(2,3)4)28-26(30)25(22-10-6-5-7-11-22)18-20-9-8-12-24(17-20)29(31)32/h5-19H,1-4H3,(H,28,30)/b25-18+/t19-/m1/s1. The summed E-state index contributed by atoms with van der Waals surface area (Å²) in [4.78, 5) is 24.0. The topological polar surface area (TPSA) is 72.2 Å². The van der Waals surface area contributed by atoms with Crippen LogP contribution in [0.15, 0.2) is 78.9 Å². The maximum atomic E-state index is 13.3. The van der Waals surface area contributed by atoms with Crippen LogP contribution < -0.4 is 5.32 Å². The molecule has 0 unspecified atom stereocenters. The van der Waals surface area contributed by atoms with Gasteiger partial charge in [0.1, 0.15) is 0 Å². The van der Waals surface area contributed by atoms with Crippen LogP contribution in [0.1, 0.15) is 56.0 Å². The lowest BCUT2D eigenvalue weighted by atomic mass is 9.86.